The van der Waals surface area contributed by atoms with E-state index >= 15 is 0 Å². The van der Waals surface area contributed by atoms with Gasteiger partial charge in [-0.2, -0.15) is 0 Å². The smallest absolute Gasteiger partial charge is 0.305 e. The second-order valence-corrected chi connectivity index (χ2v) is 12.7. The van der Waals surface area contributed by atoms with Gasteiger partial charge in [0.2, 0.25) is 0 Å². The van der Waals surface area contributed by atoms with E-state index in [-0.39, 0.29) is 34.8 Å². The molecule has 1 unspecified atom stereocenters. The van der Waals surface area contributed by atoms with Crippen molar-refractivity contribution in [2.75, 3.05) is 7.11 Å². The predicted octanol–water partition coefficient (Wildman–Crippen LogP) is 6.75. The van der Waals surface area contributed by atoms with Crippen LogP contribution in [0, 0.1) is 52.3 Å². The molecular weight excluding hydrogens is 431 g/mol. The number of carbonyl (C=O) groups excluding carboxylic acids is 2. The Hall–Kier alpha value is -1.13. The van der Waals surface area contributed by atoms with Gasteiger partial charge in [-0.1, -0.05) is 27.7 Å². The summed E-state index contributed by atoms with van der Waals surface area (Å²) in [5, 5.41) is 0. The van der Waals surface area contributed by atoms with E-state index in [1.165, 1.54) is 26.4 Å². The summed E-state index contributed by atoms with van der Waals surface area (Å²) in [6.45, 7) is 11.0. The molecule has 0 amide bonds. The molecule has 34 heavy (non-hydrogen) atoms. The lowest BCUT2D eigenvalue weighted by Gasteiger charge is -2.65. The largest absolute Gasteiger partial charge is 0.469 e. The molecule has 0 radical (unpaired) electrons. The van der Waals surface area contributed by atoms with Gasteiger partial charge in [0.05, 0.1) is 7.11 Å². The monoisotopic (exact) mass is 478 g/mol. The van der Waals surface area contributed by atoms with Gasteiger partial charge in [-0.05, 0) is 104 Å². The normalized spacial score (nSPS) is 46.6. The van der Waals surface area contributed by atoms with Crippen molar-refractivity contribution in [2.24, 2.45) is 52.3 Å². The molecule has 4 nitrogen and oxygen atoms in total. The van der Waals surface area contributed by atoms with Gasteiger partial charge in [-0.3, -0.25) is 9.59 Å². The Kier molecular flexibility index (Phi) is 7.43. The molecule has 0 aromatic rings. The van der Waals surface area contributed by atoms with E-state index in [0.29, 0.717) is 54.8 Å². The highest BCUT2D eigenvalue weighted by atomic mass is 19.1. The fourth-order valence-electron chi connectivity index (χ4n) is 9.88. The number of esters is 2. The first-order chi connectivity index (χ1) is 16.1. The molecule has 0 heterocycles. The molecule has 0 aromatic carbocycles. The van der Waals surface area contributed by atoms with Crippen molar-refractivity contribution in [3.8, 4) is 0 Å². The van der Waals surface area contributed by atoms with Crippen LogP contribution in [-0.2, 0) is 19.1 Å². The number of fused-ring (bicyclic) bond motifs is 5. The lowest BCUT2D eigenvalue weighted by Crippen LogP contribution is -2.62. The third kappa shape index (κ3) is 4.21. The fourth-order valence-corrected chi connectivity index (χ4v) is 9.88. The van der Waals surface area contributed by atoms with E-state index in [2.05, 4.69) is 27.7 Å². The highest BCUT2D eigenvalue weighted by Gasteiger charge is 2.66. The first-order valence-electron chi connectivity index (χ1n) is 13.9. The topological polar surface area (TPSA) is 52.6 Å². The third-order valence-corrected chi connectivity index (χ3v) is 11.4. The Morgan fingerprint density at radius 1 is 1.03 bits per heavy atom. The molecular formula is C29H47FO4. The summed E-state index contributed by atoms with van der Waals surface area (Å²) in [5.74, 6) is 2.66. The Bertz CT molecular complexity index is 769. The number of hydrogen-bond acceptors (Lipinski definition) is 4. The highest BCUT2D eigenvalue weighted by Crippen LogP contribution is 2.70. The number of alkyl halides is 1. The van der Waals surface area contributed by atoms with Crippen molar-refractivity contribution < 1.29 is 23.5 Å². The van der Waals surface area contributed by atoms with Crippen LogP contribution in [0.25, 0.3) is 0 Å². The van der Waals surface area contributed by atoms with E-state index in [0.717, 1.165) is 25.7 Å². The Balaban J connectivity index is 1.66. The molecule has 4 aliphatic rings. The van der Waals surface area contributed by atoms with Crippen LogP contribution in [0.4, 0.5) is 4.39 Å². The molecule has 0 aromatic heterocycles. The minimum atomic E-state index is -0.720. The van der Waals surface area contributed by atoms with E-state index < -0.39 is 6.17 Å². The van der Waals surface area contributed by atoms with Crippen molar-refractivity contribution in [2.45, 2.75) is 111 Å². The zero-order chi connectivity index (χ0) is 24.8. The van der Waals surface area contributed by atoms with Crippen molar-refractivity contribution in [1.82, 2.24) is 0 Å². The minimum Gasteiger partial charge on any atom is -0.469 e. The number of rotatable bonds is 6. The van der Waals surface area contributed by atoms with Crippen LogP contribution >= 0.6 is 0 Å². The molecule has 11 atom stereocenters. The fraction of sp³-hybridized carbons (Fsp3) is 0.931. The van der Waals surface area contributed by atoms with Crippen molar-refractivity contribution >= 4 is 11.9 Å². The highest BCUT2D eigenvalue weighted by molar-refractivity contribution is 5.69. The number of methoxy groups -OCH3 is 1. The number of halogens is 1. The maximum atomic E-state index is 14.7. The molecule has 4 rings (SSSR count). The molecule has 5 heteroatoms. The molecule has 4 saturated carbocycles. The summed E-state index contributed by atoms with van der Waals surface area (Å²) in [6.07, 6.45) is 8.46. The maximum Gasteiger partial charge on any atom is 0.305 e. The van der Waals surface area contributed by atoms with E-state index in [9.17, 15) is 14.0 Å². The van der Waals surface area contributed by atoms with Crippen LogP contribution in [0.3, 0.4) is 0 Å². The van der Waals surface area contributed by atoms with Gasteiger partial charge in [0, 0.05) is 19.3 Å². The molecule has 0 aliphatic heterocycles. The van der Waals surface area contributed by atoms with Crippen LogP contribution in [0.1, 0.15) is 98.8 Å². The SMILES string of the molecule is CC[C@H]1[C@@H](OC(C)=O)[C@@H]2[C@H](CC[C@]3(C)C([C@H](C)CCC(=O)OC)CC[C@@H]23)[C@@]2(C)CC[C@H](F)C[C@@H]12. The number of hydrogen-bond donors (Lipinski definition) is 0. The summed E-state index contributed by atoms with van der Waals surface area (Å²) in [7, 11) is 1.47. The van der Waals surface area contributed by atoms with Crippen molar-refractivity contribution in [1.29, 1.82) is 0 Å². The predicted molar refractivity (Wildman–Crippen MR) is 131 cm³/mol. The first kappa shape index (κ1) is 25.9. The maximum absolute atomic E-state index is 14.7. The quantitative estimate of drug-likeness (QED) is 0.396. The summed E-state index contributed by atoms with van der Waals surface area (Å²) in [6, 6.07) is 0. The lowest BCUT2D eigenvalue weighted by atomic mass is 9.41. The summed E-state index contributed by atoms with van der Waals surface area (Å²) in [4.78, 5) is 24.1. The summed E-state index contributed by atoms with van der Waals surface area (Å²) >= 11 is 0. The Labute approximate surface area is 206 Å². The Morgan fingerprint density at radius 2 is 1.71 bits per heavy atom. The average Bonchev–Trinajstić information content (AvgIpc) is 3.15. The van der Waals surface area contributed by atoms with Gasteiger partial charge >= 0.3 is 11.9 Å². The average molecular weight is 479 g/mol. The zero-order valence-electron chi connectivity index (χ0n) is 22.3. The van der Waals surface area contributed by atoms with E-state index in [4.69, 9.17) is 9.47 Å². The van der Waals surface area contributed by atoms with Crippen LogP contribution in [0.15, 0.2) is 0 Å². The number of carbonyl (C=O) groups is 2. The molecule has 0 bridgehead atoms. The van der Waals surface area contributed by atoms with Gasteiger partial charge in [0.15, 0.2) is 0 Å². The first-order valence-corrected chi connectivity index (χ1v) is 13.9. The molecule has 194 valence electrons. The third-order valence-electron chi connectivity index (χ3n) is 11.4. The second kappa shape index (κ2) is 9.73. The second-order valence-electron chi connectivity index (χ2n) is 12.7. The number of ether oxygens (including phenoxy) is 2. The summed E-state index contributed by atoms with van der Waals surface area (Å²) < 4.78 is 25.8. The standard InChI is InChI=1S/C29H47FO4/c1-7-20-24-16-19(30)12-14-29(24,5)23-13-15-28(4)21(17(2)8-11-25(32)33-6)9-10-22(28)26(23)27(20)34-18(3)31/h17,19-24,26-27H,7-16H2,1-6H3/t17-,19+,20-,21?,22+,23+,24+,26+,27-,28-,29-/m1/s1. The van der Waals surface area contributed by atoms with Crippen LogP contribution in [-0.4, -0.2) is 31.3 Å². The molecule has 0 N–H and O–H groups in total. The van der Waals surface area contributed by atoms with E-state index in [1.54, 1.807) is 6.92 Å². The van der Waals surface area contributed by atoms with Gasteiger partial charge in [0.1, 0.15) is 12.3 Å². The van der Waals surface area contributed by atoms with Gasteiger partial charge in [0.25, 0.3) is 0 Å². The van der Waals surface area contributed by atoms with Crippen LogP contribution < -0.4 is 0 Å². The lowest BCUT2D eigenvalue weighted by molar-refractivity contribution is -0.214. The van der Waals surface area contributed by atoms with Gasteiger partial charge in [-0.15, -0.1) is 0 Å². The molecule has 0 spiro atoms. The van der Waals surface area contributed by atoms with Gasteiger partial charge < -0.3 is 9.47 Å². The van der Waals surface area contributed by atoms with Crippen LogP contribution in [0.2, 0.25) is 0 Å². The summed E-state index contributed by atoms with van der Waals surface area (Å²) in [5.41, 5.74) is 0.342. The molecule has 0 saturated heterocycles. The van der Waals surface area contributed by atoms with Crippen LogP contribution in [0.5, 0.6) is 0 Å². The van der Waals surface area contributed by atoms with Gasteiger partial charge in [-0.25, -0.2) is 4.39 Å². The minimum absolute atomic E-state index is 0.0929. The Morgan fingerprint density at radius 3 is 2.35 bits per heavy atom. The van der Waals surface area contributed by atoms with Crippen molar-refractivity contribution in [3.63, 3.8) is 0 Å². The van der Waals surface area contributed by atoms with E-state index in [1.807, 2.05) is 0 Å². The molecule has 4 fully saturated rings. The zero-order valence-corrected chi connectivity index (χ0v) is 22.3. The molecule has 4 aliphatic carbocycles. The van der Waals surface area contributed by atoms with Crippen molar-refractivity contribution in [3.05, 3.63) is 0 Å².